The first kappa shape index (κ1) is 15.9. The number of carbonyl (C=O) groups excluding carboxylic acids is 1. The Morgan fingerprint density at radius 2 is 1.61 bits per heavy atom. The third-order valence-electron chi connectivity index (χ3n) is 7.66. The van der Waals surface area contributed by atoms with Gasteiger partial charge in [-0.2, -0.15) is 0 Å². The number of nitrogens with one attached hydrogen (secondary N) is 1. The van der Waals surface area contributed by atoms with E-state index in [0.29, 0.717) is 12.0 Å². The average molecular weight is 320 g/mol. The van der Waals surface area contributed by atoms with Gasteiger partial charge in [0.25, 0.3) is 5.91 Å². The number of hydrogen-bond donors (Lipinski definition) is 2. The van der Waals surface area contributed by atoms with Crippen LogP contribution in [0.1, 0.15) is 71.6 Å². The van der Waals surface area contributed by atoms with Crippen LogP contribution in [0.4, 0.5) is 0 Å². The van der Waals surface area contributed by atoms with E-state index in [4.69, 9.17) is 0 Å². The van der Waals surface area contributed by atoms with Crippen molar-refractivity contribution < 1.29 is 10.1 Å². The molecule has 3 atom stereocenters. The molecule has 4 bridgehead atoms. The molecule has 5 aliphatic carbocycles. The summed E-state index contributed by atoms with van der Waals surface area (Å²) in [6.45, 7) is 4.43. The first-order valence-corrected chi connectivity index (χ1v) is 10.3. The fourth-order valence-electron chi connectivity index (χ4n) is 6.55. The normalized spacial score (nSPS) is 46.6. The largest absolute Gasteiger partial charge is 0.348 e. The first-order chi connectivity index (χ1) is 11.1. The smallest absolute Gasteiger partial charge is 0.278 e. The molecule has 5 saturated carbocycles. The Bertz CT molecular complexity index is 421. The van der Waals surface area contributed by atoms with Gasteiger partial charge in [-0.05, 0) is 69.6 Å². The lowest BCUT2D eigenvalue weighted by Gasteiger charge is -2.53. The molecule has 0 heterocycles. The molecule has 3 N–H and O–H groups in total. The molecule has 5 rings (SSSR count). The summed E-state index contributed by atoms with van der Waals surface area (Å²) in [6, 6.07) is 1.24. The van der Waals surface area contributed by atoms with Crippen LogP contribution in [0.25, 0.3) is 0 Å². The van der Waals surface area contributed by atoms with Crippen LogP contribution < -0.4 is 10.6 Å². The van der Waals surface area contributed by atoms with Gasteiger partial charge in [0.2, 0.25) is 0 Å². The van der Waals surface area contributed by atoms with Crippen LogP contribution >= 0.6 is 0 Å². The minimum absolute atomic E-state index is 0.0895. The second-order valence-electron chi connectivity index (χ2n) is 9.37. The van der Waals surface area contributed by atoms with Gasteiger partial charge in [-0.15, -0.1) is 0 Å². The maximum absolute atomic E-state index is 12.7. The lowest BCUT2D eigenvalue weighted by Crippen LogP contribution is -3.00. The van der Waals surface area contributed by atoms with Crippen molar-refractivity contribution in [3.8, 4) is 0 Å². The Hall–Kier alpha value is -0.570. The van der Waals surface area contributed by atoms with Crippen LogP contribution in [0.15, 0.2) is 0 Å². The zero-order chi connectivity index (χ0) is 16.0. The summed E-state index contributed by atoms with van der Waals surface area (Å²) >= 11 is 0. The molecule has 5 fully saturated rings. The lowest BCUT2D eigenvalue weighted by molar-refractivity contribution is -0.725. The zero-order valence-corrected chi connectivity index (χ0v) is 15.0. The monoisotopic (exact) mass is 319 g/mol. The van der Waals surface area contributed by atoms with Crippen molar-refractivity contribution in [3.63, 3.8) is 0 Å². The number of nitrogens with two attached hydrogens (primary N) is 1. The van der Waals surface area contributed by atoms with Gasteiger partial charge < -0.3 is 10.6 Å². The van der Waals surface area contributed by atoms with Gasteiger partial charge in [0.15, 0.2) is 6.04 Å². The fourth-order valence-corrected chi connectivity index (χ4v) is 6.55. The summed E-state index contributed by atoms with van der Waals surface area (Å²) < 4.78 is 0. The predicted molar refractivity (Wildman–Crippen MR) is 91.8 cm³/mol. The van der Waals surface area contributed by atoms with Gasteiger partial charge in [-0.25, -0.2) is 0 Å². The molecule has 3 nitrogen and oxygen atoms in total. The van der Waals surface area contributed by atoms with E-state index < -0.39 is 0 Å². The maximum atomic E-state index is 12.7. The van der Waals surface area contributed by atoms with Crippen molar-refractivity contribution in [1.82, 2.24) is 5.32 Å². The molecule has 0 unspecified atom stereocenters. The molecule has 5 aliphatic rings. The summed E-state index contributed by atoms with van der Waals surface area (Å²) in [5, 5.41) is 5.83. The predicted octanol–water partition coefficient (Wildman–Crippen LogP) is 2.46. The molecule has 0 radical (unpaired) electrons. The summed E-state index contributed by atoms with van der Waals surface area (Å²) in [6.07, 6.45) is 12.4. The molecular formula is C20H35N2O+. The second kappa shape index (κ2) is 6.38. The van der Waals surface area contributed by atoms with E-state index in [9.17, 15) is 4.79 Å². The van der Waals surface area contributed by atoms with E-state index in [1.807, 2.05) is 0 Å². The highest BCUT2D eigenvalue weighted by molar-refractivity contribution is 5.80. The van der Waals surface area contributed by atoms with Crippen LogP contribution in [0, 0.1) is 29.6 Å². The maximum Gasteiger partial charge on any atom is 0.278 e. The van der Waals surface area contributed by atoms with E-state index in [0.717, 1.165) is 29.7 Å². The minimum atomic E-state index is 0.0895. The molecule has 0 saturated heterocycles. The molecule has 130 valence electrons. The van der Waals surface area contributed by atoms with Crippen molar-refractivity contribution in [1.29, 1.82) is 0 Å². The van der Waals surface area contributed by atoms with Crippen molar-refractivity contribution in [3.05, 3.63) is 0 Å². The number of quaternary nitrogens is 1. The van der Waals surface area contributed by atoms with Gasteiger partial charge in [-0.3, -0.25) is 4.79 Å². The molecule has 0 aliphatic heterocycles. The van der Waals surface area contributed by atoms with Crippen molar-refractivity contribution in [2.24, 2.45) is 29.6 Å². The summed E-state index contributed by atoms with van der Waals surface area (Å²) in [4.78, 5) is 12.7. The summed E-state index contributed by atoms with van der Waals surface area (Å²) in [5.41, 5.74) is 0. The summed E-state index contributed by atoms with van der Waals surface area (Å²) in [5.74, 6) is 4.78. The molecule has 0 spiro atoms. The van der Waals surface area contributed by atoms with E-state index >= 15 is 0 Å². The molecule has 3 heteroatoms. The molecular weight excluding hydrogens is 284 g/mol. The fraction of sp³-hybridized carbons (Fsp3) is 0.950. The molecule has 0 aromatic carbocycles. The number of rotatable bonds is 4. The third-order valence-corrected chi connectivity index (χ3v) is 7.66. The van der Waals surface area contributed by atoms with Crippen molar-refractivity contribution >= 4 is 5.91 Å². The first-order valence-electron chi connectivity index (χ1n) is 10.3. The quantitative estimate of drug-likeness (QED) is 0.821. The van der Waals surface area contributed by atoms with Gasteiger partial charge >= 0.3 is 0 Å². The SMILES string of the molecule is C[C@@H]1CCCC[C@@H]1NC(=O)[C@@H](C)[NH2+]C1C2CC3CC(C2)CC1C3. The zero-order valence-electron chi connectivity index (χ0n) is 15.0. The highest BCUT2D eigenvalue weighted by Crippen LogP contribution is 2.52. The number of amides is 1. The molecule has 0 aromatic rings. The molecule has 0 aromatic heterocycles. The van der Waals surface area contributed by atoms with E-state index in [2.05, 4.69) is 24.5 Å². The van der Waals surface area contributed by atoms with Gasteiger partial charge in [0.1, 0.15) is 0 Å². The number of hydrogen-bond acceptors (Lipinski definition) is 1. The van der Waals surface area contributed by atoms with Gasteiger partial charge in [-0.1, -0.05) is 19.8 Å². The van der Waals surface area contributed by atoms with Crippen LogP contribution in [0.2, 0.25) is 0 Å². The third kappa shape index (κ3) is 3.18. The van der Waals surface area contributed by atoms with E-state index in [1.165, 1.54) is 57.8 Å². The Balaban J connectivity index is 1.32. The molecule has 1 amide bonds. The Morgan fingerprint density at radius 1 is 1.00 bits per heavy atom. The van der Waals surface area contributed by atoms with Crippen LogP contribution in [0.3, 0.4) is 0 Å². The Morgan fingerprint density at radius 3 is 2.22 bits per heavy atom. The lowest BCUT2D eigenvalue weighted by atomic mass is 9.54. The highest BCUT2D eigenvalue weighted by atomic mass is 16.2. The standard InChI is InChI=1S/C20H34N2O/c1-12-5-3-4-6-18(12)22-20(23)13(2)21-19-16-8-14-7-15(10-16)11-17(19)9-14/h12-19,21H,3-11H2,1-2H3,(H,22,23)/p+1/t12-,13-,14?,15?,16?,17?,18+,19?/m1/s1. The minimum Gasteiger partial charge on any atom is -0.348 e. The Kier molecular flexibility index (Phi) is 4.42. The second-order valence-corrected chi connectivity index (χ2v) is 9.37. The van der Waals surface area contributed by atoms with E-state index in [1.54, 1.807) is 0 Å². The number of carbonyl (C=O) groups is 1. The Labute approximate surface area is 141 Å². The average Bonchev–Trinajstić information content (AvgIpc) is 2.52. The van der Waals surface area contributed by atoms with E-state index in [-0.39, 0.29) is 11.9 Å². The van der Waals surface area contributed by atoms with Gasteiger partial charge in [0.05, 0.1) is 6.04 Å². The van der Waals surface area contributed by atoms with Crippen LogP contribution in [-0.2, 0) is 4.79 Å². The topological polar surface area (TPSA) is 45.7 Å². The van der Waals surface area contributed by atoms with Crippen molar-refractivity contribution in [2.75, 3.05) is 0 Å². The molecule has 23 heavy (non-hydrogen) atoms. The van der Waals surface area contributed by atoms with Crippen LogP contribution in [0.5, 0.6) is 0 Å². The highest BCUT2D eigenvalue weighted by Gasteiger charge is 2.50. The van der Waals surface area contributed by atoms with Gasteiger partial charge in [0, 0.05) is 17.9 Å². The summed E-state index contributed by atoms with van der Waals surface area (Å²) in [7, 11) is 0. The van der Waals surface area contributed by atoms with Crippen LogP contribution in [-0.4, -0.2) is 24.0 Å². The van der Waals surface area contributed by atoms with Crippen molar-refractivity contribution in [2.45, 2.75) is 89.8 Å².